The molecule has 154 valence electrons. The predicted octanol–water partition coefficient (Wildman–Crippen LogP) is 0.577. The first kappa shape index (κ1) is 23.1. The van der Waals surface area contributed by atoms with Crippen molar-refractivity contribution >= 4 is 17.9 Å². The van der Waals surface area contributed by atoms with Gasteiger partial charge in [-0.15, -0.1) is 0 Å². The molecule has 0 aromatic heterocycles. The van der Waals surface area contributed by atoms with E-state index in [-0.39, 0.29) is 17.9 Å². The minimum absolute atomic E-state index is 0.167. The fourth-order valence-corrected chi connectivity index (χ4v) is 2.24. The standard InChI is InChI=1S/C18H31N3O6/c1-18(2,3)27-17(24)20-8-10-25-11-12-26-13-14(19)5-4-9-21-15(22)6-7-16(21)23/h6-7,14H,4-5,8-13,19H2,1-3H3,(H,20,24). The molecule has 9 heteroatoms. The zero-order valence-electron chi connectivity index (χ0n) is 16.4. The summed E-state index contributed by atoms with van der Waals surface area (Å²) in [4.78, 5) is 35.4. The van der Waals surface area contributed by atoms with Crippen LogP contribution in [0.5, 0.6) is 0 Å². The van der Waals surface area contributed by atoms with Crippen molar-refractivity contribution in [1.29, 1.82) is 0 Å². The molecule has 1 unspecified atom stereocenters. The van der Waals surface area contributed by atoms with E-state index in [2.05, 4.69) is 5.32 Å². The van der Waals surface area contributed by atoms with Crippen LogP contribution in [0, 0.1) is 0 Å². The van der Waals surface area contributed by atoms with Gasteiger partial charge in [0, 0.05) is 31.3 Å². The van der Waals surface area contributed by atoms with Gasteiger partial charge < -0.3 is 25.3 Å². The average molecular weight is 385 g/mol. The van der Waals surface area contributed by atoms with E-state index in [0.717, 1.165) is 0 Å². The highest BCUT2D eigenvalue weighted by Crippen LogP contribution is 2.07. The number of rotatable bonds is 12. The van der Waals surface area contributed by atoms with E-state index in [0.29, 0.717) is 52.4 Å². The highest BCUT2D eigenvalue weighted by Gasteiger charge is 2.22. The topological polar surface area (TPSA) is 120 Å². The summed E-state index contributed by atoms with van der Waals surface area (Å²) in [5, 5.41) is 2.60. The van der Waals surface area contributed by atoms with Crippen molar-refractivity contribution in [3.8, 4) is 0 Å². The maximum Gasteiger partial charge on any atom is 0.407 e. The molecule has 0 radical (unpaired) electrons. The Labute approximate surface area is 160 Å². The molecule has 0 spiro atoms. The van der Waals surface area contributed by atoms with Gasteiger partial charge >= 0.3 is 6.09 Å². The van der Waals surface area contributed by atoms with Crippen molar-refractivity contribution < 1.29 is 28.6 Å². The van der Waals surface area contributed by atoms with E-state index in [4.69, 9.17) is 19.9 Å². The van der Waals surface area contributed by atoms with Crippen molar-refractivity contribution in [2.75, 3.05) is 39.5 Å². The lowest BCUT2D eigenvalue weighted by atomic mass is 10.2. The van der Waals surface area contributed by atoms with Crippen LogP contribution < -0.4 is 11.1 Å². The molecule has 1 aliphatic rings. The summed E-state index contributed by atoms with van der Waals surface area (Å²) < 4.78 is 15.9. The van der Waals surface area contributed by atoms with Crippen LogP contribution in [0.3, 0.4) is 0 Å². The Bertz CT molecular complexity index is 512. The van der Waals surface area contributed by atoms with Crippen molar-refractivity contribution in [3.05, 3.63) is 12.2 Å². The molecular weight excluding hydrogens is 354 g/mol. The summed E-state index contributed by atoms with van der Waals surface area (Å²) in [5.41, 5.74) is 5.42. The van der Waals surface area contributed by atoms with Gasteiger partial charge in [0.2, 0.25) is 0 Å². The second-order valence-corrected chi connectivity index (χ2v) is 7.18. The van der Waals surface area contributed by atoms with Gasteiger partial charge in [-0.2, -0.15) is 0 Å². The molecule has 0 aromatic carbocycles. The zero-order chi connectivity index (χ0) is 20.3. The normalized spacial score (nSPS) is 15.3. The molecule has 1 aliphatic heterocycles. The molecule has 0 saturated carbocycles. The van der Waals surface area contributed by atoms with Gasteiger partial charge in [-0.1, -0.05) is 0 Å². The molecule has 0 fully saturated rings. The molecule has 3 amide bonds. The minimum atomic E-state index is -0.520. The highest BCUT2D eigenvalue weighted by atomic mass is 16.6. The van der Waals surface area contributed by atoms with Crippen molar-refractivity contribution in [3.63, 3.8) is 0 Å². The average Bonchev–Trinajstić information content (AvgIpc) is 2.87. The number of hydrogen-bond donors (Lipinski definition) is 2. The van der Waals surface area contributed by atoms with Gasteiger partial charge in [-0.3, -0.25) is 14.5 Å². The summed E-state index contributed by atoms with van der Waals surface area (Å²) in [6, 6.07) is -0.167. The van der Waals surface area contributed by atoms with Crippen molar-refractivity contribution in [2.45, 2.75) is 45.3 Å². The van der Waals surface area contributed by atoms with Crippen LogP contribution in [0.4, 0.5) is 4.79 Å². The van der Waals surface area contributed by atoms with Crippen LogP contribution in [-0.4, -0.2) is 74.0 Å². The number of nitrogens with one attached hydrogen (secondary N) is 1. The fourth-order valence-electron chi connectivity index (χ4n) is 2.24. The van der Waals surface area contributed by atoms with E-state index >= 15 is 0 Å². The van der Waals surface area contributed by atoms with E-state index in [9.17, 15) is 14.4 Å². The molecule has 0 aromatic rings. The van der Waals surface area contributed by atoms with Gasteiger partial charge in [-0.25, -0.2) is 4.79 Å². The van der Waals surface area contributed by atoms with Gasteiger partial charge in [0.05, 0.1) is 26.4 Å². The number of carbonyl (C=O) groups is 3. The van der Waals surface area contributed by atoms with Crippen LogP contribution in [0.25, 0.3) is 0 Å². The summed E-state index contributed by atoms with van der Waals surface area (Å²) >= 11 is 0. The molecule has 1 atom stereocenters. The Morgan fingerprint density at radius 1 is 1.15 bits per heavy atom. The van der Waals surface area contributed by atoms with E-state index in [1.54, 1.807) is 20.8 Å². The molecule has 3 N–H and O–H groups in total. The van der Waals surface area contributed by atoms with Gasteiger partial charge in [0.15, 0.2) is 0 Å². The maximum absolute atomic E-state index is 11.4. The molecule has 1 heterocycles. The first-order valence-electron chi connectivity index (χ1n) is 9.10. The van der Waals surface area contributed by atoms with Gasteiger partial charge in [0.25, 0.3) is 11.8 Å². The number of nitrogens with two attached hydrogens (primary N) is 1. The fraction of sp³-hybridized carbons (Fsp3) is 0.722. The Balaban J connectivity index is 1.92. The summed E-state index contributed by atoms with van der Waals surface area (Å²) in [6.45, 7) is 7.65. The molecular formula is C18H31N3O6. The Morgan fingerprint density at radius 3 is 2.41 bits per heavy atom. The number of ether oxygens (including phenoxy) is 3. The third-order valence-electron chi connectivity index (χ3n) is 3.48. The monoisotopic (exact) mass is 385 g/mol. The Morgan fingerprint density at radius 2 is 1.78 bits per heavy atom. The second-order valence-electron chi connectivity index (χ2n) is 7.18. The molecule has 9 nitrogen and oxygen atoms in total. The van der Waals surface area contributed by atoms with Crippen molar-refractivity contribution in [2.24, 2.45) is 5.73 Å². The van der Waals surface area contributed by atoms with Gasteiger partial charge in [-0.05, 0) is 33.6 Å². The largest absolute Gasteiger partial charge is 0.444 e. The van der Waals surface area contributed by atoms with E-state index in [1.807, 2.05) is 0 Å². The maximum atomic E-state index is 11.4. The van der Waals surface area contributed by atoms with E-state index < -0.39 is 11.7 Å². The lowest BCUT2D eigenvalue weighted by Crippen LogP contribution is -2.34. The van der Waals surface area contributed by atoms with Gasteiger partial charge in [0.1, 0.15) is 5.60 Å². The smallest absolute Gasteiger partial charge is 0.407 e. The molecule has 27 heavy (non-hydrogen) atoms. The van der Waals surface area contributed by atoms with E-state index in [1.165, 1.54) is 17.1 Å². The third-order valence-corrected chi connectivity index (χ3v) is 3.48. The molecule has 0 bridgehead atoms. The number of imide groups is 1. The number of hydrogen-bond acceptors (Lipinski definition) is 7. The number of alkyl carbamates (subject to hydrolysis) is 1. The number of amides is 3. The van der Waals surface area contributed by atoms with Crippen LogP contribution in [0.15, 0.2) is 12.2 Å². The number of carbonyl (C=O) groups excluding carboxylic acids is 3. The van der Waals surface area contributed by atoms with Crippen LogP contribution in [-0.2, 0) is 23.8 Å². The minimum Gasteiger partial charge on any atom is -0.444 e. The summed E-state index contributed by atoms with van der Waals surface area (Å²) in [6.07, 6.45) is 3.36. The third kappa shape index (κ3) is 10.7. The summed E-state index contributed by atoms with van der Waals surface area (Å²) in [7, 11) is 0. The first-order chi connectivity index (χ1) is 12.7. The molecule has 1 rings (SSSR count). The number of nitrogens with zero attached hydrogens (tertiary/aromatic N) is 1. The van der Waals surface area contributed by atoms with Crippen LogP contribution in [0.1, 0.15) is 33.6 Å². The van der Waals surface area contributed by atoms with Crippen LogP contribution in [0.2, 0.25) is 0 Å². The Kier molecular flexibility index (Phi) is 9.98. The highest BCUT2D eigenvalue weighted by molar-refractivity contribution is 6.12. The second kappa shape index (κ2) is 11.7. The SMILES string of the molecule is CC(C)(C)OC(=O)NCCOCCOCC(N)CCCN1C(=O)C=CC1=O. The lowest BCUT2D eigenvalue weighted by molar-refractivity contribution is -0.136. The van der Waals surface area contributed by atoms with Crippen molar-refractivity contribution in [1.82, 2.24) is 10.2 Å². The molecule has 0 aliphatic carbocycles. The quantitative estimate of drug-likeness (QED) is 0.372. The lowest BCUT2D eigenvalue weighted by Gasteiger charge is -2.19. The molecule has 0 saturated heterocycles. The van der Waals surface area contributed by atoms with Crippen LogP contribution >= 0.6 is 0 Å². The predicted molar refractivity (Wildman–Crippen MR) is 98.9 cm³/mol. The first-order valence-corrected chi connectivity index (χ1v) is 9.10. The zero-order valence-corrected chi connectivity index (χ0v) is 16.4. The Hall–Kier alpha value is -1.97. The summed E-state index contributed by atoms with van der Waals surface area (Å²) in [5.74, 6) is -0.550.